The Labute approximate surface area is 93.8 Å². The molecule has 0 bridgehead atoms. The fourth-order valence-corrected chi connectivity index (χ4v) is 2.78. The van der Waals surface area contributed by atoms with Gasteiger partial charge in [-0.1, -0.05) is 6.92 Å². The summed E-state index contributed by atoms with van der Waals surface area (Å²) in [6, 6.07) is 3.61. The van der Waals surface area contributed by atoms with E-state index in [1.807, 2.05) is 17.8 Å². The molecule has 0 N–H and O–H groups in total. The van der Waals surface area contributed by atoms with Gasteiger partial charge < -0.3 is 9.32 Å². The summed E-state index contributed by atoms with van der Waals surface area (Å²) in [7, 11) is 0. The van der Waals surface area contributed by atoms with Crippen LogP contribution in [0.5, 0.6) is 0 Å². The smallest absolute Gasteiger partial charge is 0.196 e. The Morgan fingerprint density at radius 3 is 3.20 bits per heavy atom. The molecule has 0 aliphatic carbocycles. The largest absolute Gasteiger partial charge is 0.438 e. The fourth-order valence-electron chi connectivity index (χ4n) is 1.76. The molecule has 0 amide bonds. The molecule has 1 aromatic rings. The average molecular weight is 225 g/mol. The molecule has 1 aromatic heterocycles. The fraction of sp³-hybridized carbons (Fsp3) is 0.545. The summed E-state index contributed by atoms with van der Waals surface area (Å²) in [5, 5.41) is 0. The molecule has 1 fully saturated rings. The van der Waals surface area contributed by atoms with Crippen LogP contribution in [0.3, 0.4) is 0 Å². The number of hydrogen-bond acceptors (Lipinski definition) is 4. The molecule has 1 aliphatic heterocycles. The van der Waals surface area contributed by atoms with Gasteiger partial charge in [0.1, 0.15) is 0 Å². The molecule has 3 nitrogen and oxygen atoms in total. The summed E-state index contributed by atoms with van der Waals surface area (Å²) >= 11 is 1.98. The van der Waals surface area contributed by atoms with Crippen molar-refractivity contribution in [2.45, 2.75) is 6.92 Å². The average Bonchev–Trinajstić information content (AvgIpc) is 2.61. The molecular weight excluding hydrogens is 210 g/mol. The maximum Gasteiger partial charge on any atom is 0.196 e. The maximum atomic E-state index is 10.5. The number of furan rings is 1. The molecule has 0 saturated carbocycles. The lowest BCUT2D eigenvalue weighted by atomic mass is 10.2. The van der Waals surface area contributed by atoms with Gasteiger partial charge in [0.15, 0.2) is 17.9 Å². The SMILES string of the molecule is CC1CSCCN(c2ccc(C=O)o2)C1. The highest BCUT2D eigenvalue weighted by Gasteiger charge is 2.17. The standard InChI is InChI=1S/C11H15NO2S/c1-9-6-12(4-5-15-8-9)11-3-2-10(7-13)14-11/h2-3,7,9H,4-6,8H2,1H3. The van der Waals surface area contributed by atoms with Gasteiger partial charge in [-0.3, -0.25) is 4.79 Å². The molecule has 4 heteroatoms. The Morgan fingerprint density at radius 2 is 2.47 bits per heavy atom. The second-order valence-corrected chi connectivity index (χ2v) is 5.07. The molecule has 2 rings (SSSR count). The Kier molecular flexibility index (Phi) is 3.36. The first-order valence-corrected chi connectivity index (χ1v) is 6.33. The number of carbonyl (C=O) groups excluding carboxylic acids is 1. The highest BCUT2D eigenvalue weighted by atomic mass is 32.2. The number of rotatable bonds is 2. The van der Waals surface area contributed by atoms with Gasteiger partial charge >= 0.3 is 0 Å². The summed E-state index contributed by atoms with van der Waals surface area (Å²) in [4.78, 5) is 12.7. The number of anilines is 1. The minimum atomic E-state index is 0.412. The molecule has 1 aliphatic rings. The normalized spacial score (nSPS) is 22.5. The Hall–Kier alpha value is -0.900. The third-order valence-corrected chi connectivity index (χ3v) is 3.76. The first-order valence-electron chi connectivity index (χ1n) is 5.17. The van der Waals surface area contributed by atoms with Crippen LogP contribution in [-0.4, -0.2) is 30.9 Å². The Balaban J connectivity index is 2.10. The van der Waals surface area contributed by atoms with Gasteiger partial charge in [-0.2, -0.15) is 11.8 Å². The second kappa shape index (κ2) is 4.75. The van der Waals surface area contributed by atoms with Crippen LogP contribution in [0.2, 0.25) is 0 Å². The highest BCUT2D eigenvalue weighted by molar-refractivity contribution is 7.99. The van der Waals surface area contributed by atoms with Crippen LogP contribution >= 0.6 is 11.8 Å². The van der Waals surface area contributed by atoms with Crippen molar-refractivity contribution >= 4 is 23.9 Å². The van der Waals surface area contributed by atoms with Gasteiger partial charge in [0, 0.05) is 24.9 Å². The van der Waals surface area contributed by atoms with Crippen LogP contribution in [0.15, 0.2) is 16.5 Å². The van der Waals surface area contributed by atoms with E-state index in [1.54, 1.807) is 6.07 Å². The summed E-state index contributed by atoms with van der Waals surface area (Å²) in [6.07, 6.45) is 0.750. The third-order valence-electron chi connectivity index (χ3n) is 2.48. The van der Waals surface area contributed by atoms with Crippen molar-refractivity contribution in [3.63, 3.8) is 0 Å². The van der Waals surface area contributed by atoms with Gasteiger partial charge in [-0.25, -0.2) is 0 Å². The van der Waals surface area contributed by atoms with Crippen LogP contribution < -0.4 is 4.90 Å². The number of thioether (sulfide) groups is 1. The van der Waals surface area contributed by atoms with Gasteiger partial charge in [0.25, 0.3) is 0 Å². The van der Waals surface area contributed by atoms with Crippen LogP contribution in [0, 0.1) is 5.92 Å². The van der Waals surface area contributed by atoms with E-state index in [1.165, 1.54) is 5.75 Å². The van der Waals surface area contributed by atoms with Crippen LogP contribution in [0.1, 0.15) is 17.5 Å². The predicted octanol–water partition coefficient (Wildman–Crippen LogP) is 2.28. The van der Waals surface area contributed by atoms with Gasteiger partial charge in [0.2, 0.25) is 0 Å². The van der Waals surface area contributed by atoms with E-state index in [9.17, 15) is 4.79 Å². The predicted molar refractivity (Wildman–Crippen MR) is 62.8 cm³/mol. The lowest BCUT2D eigenvalue weighted by Gasteiger charge is -2.21. The van der Waals surface area contributed by atoms with E-state index >= 15 is 0 Å². The number of aldehydes is 1. The van der Waals surface area contributed by atoms with Crippen molar-refractivity contribution in [3.05, 3.63) is 17.9 Å². The summed E-state index contributed by atoms with van der Waals surface area (Å²) in [6.45, 7) is 4.26. The Morgan fingerprint density at radius 1 is 1.60 bits per heavy atom. The van der Waals surface area contributed by atoms with Crippen molar-refractivity contribution in [2.24, 2.45) is 5.92 Å². The van der Waals surface area contributed by atoms with Crippen LogP contribution in [0.25, 0.3) is 0 Å². The molecular formula is C11H15NO2S. The molecule has 2 heterocycles. The summed E-state index contributed by atoms with van der Waals surface area (Å²) in [5.74, 6) is 4.24. The number of hydrogen-bond donors (Lipinski definition) is 0. The lowest BCUT2D eigenvalue weighted by molar-refractivity contribution is 0.110. The second-order valence-electron chi connectivity index (χ2n) is 3.92. The van der Waals surface area contributed by atoms with E-state index in [-0.39, 0.29) is 0 Å². The number of carbonyl (C=O) groups is 1. The zero-order valence-electron chi connectivity index (χ0n) is 8.81. The monoisotopic (exact) mass is 225 g/mol. The van der Waals surface area contributed by atoms with Crippen molar-refractivity contribution in [1.82, 2.24) is 0 Å². The quantitative estimate of drug-likeness (QED) is 0.723. The minimum absolute atomic E-state index is 0.412. The molecule has 1 saturated heterocycles. The van der Waals surface area contributed by atoms with E-state index in [2.05, 4.69) is 11.8 Å². The molecule has 0 spiro atoms. The molecule has 0 radical (unpaired) electrons. The van der Waals surface area contributed by atoms with Gasteiger partial charge in [0.05, 0.1) is 0 Å². The maximum absolute atomic E-state index is 10.5. The lowest BCUT2D eigenvalue weighted by Crippen LogP contribution is -2.28. The van der Waals surface area contributed by atoms with Crippen LogP contribution in [-0.2, 0) is 0 Å². The zero-order chi connectivity index (χ0) is 10.7. The van der Waals surface area contributed by atoms with Crippen molar-refractivity contribution in [2.75, 3.05) is 29.5 Å². The van der Waals surface area contributed by atoms with E-state index in [0.717, 1.165) is 31.0 Å². The molecule has 82 valence electrons. The first-order chi connectivity index (χ1) is 7.29. The number of nitrogens with zero attached hydrogens (tertiary/aromatic N) is 1. The zero-order valence-corrected chi connectivity index (χ0v) is 9.63. The molecule has 1 atom stereocenters. The molecule has 1 unspecified atom stereocenters. The minimum Gasteiger partial charge on any atom is -0.438 e. The van der Waals surface area contributed by atoms with Crippen molar-refractivity contribution < 1.29 is 9.21 Å². The third kappa shape index (κ3) is 2.56. The van der Waals surface area contributed by atoms with Gasteiger partial charge in [-0.15, -0.1) is 0 Å². The summed E-state index contributed by atoms with van der Waals surface area (Å²) < 4.78 is 5.42. The van der Waals surface area contributed by atoms with Gasteiger partial charge in [-0.05, 0) is 17.7 Å². The summed E-state index contributed by atoms with van der Waals surface area (Å²) in [5.41, 5.74) is 0. The van der Waals surface area contributed by atoms with Crippen LogP contribution in [0.4, 0.5) is 5.88 Å². The van der Waals surface area contributed by atoms with Crippen molar-refractivity contribution in [3.8, 4) is 0 Å². The highest BCUT2D eigenvalue weighted by Crippen LogP contribution is 2.23. The first kappa shape index (κ1) is 10.6. The van der Waals surface area contributed by atoms with E-state index < -0.39 is 0 Å². The Bertz CT molecular complexity index is 337. The van der Waals surface area contributed by atoms with E-state index in [0.29, 0.717) is 11.7 Å². The van der Waals surface area contributed by atoms with Crippen molar-refractivity contribution in [1.29, 1.82) is 0 Å². The molecule has 15 heavy (non-hydrogen) atoms. The molecule has 0 aromatic carbocycles. The van der Waals surface area contributed by atoms with E-state index in [4.69, 9.17) is 4.42 Å². The topological polar surface area (TPSA) is 33.5 Å².